The predicted octanol–water partition coefficient (Wildman–Crippen LogP) is 2.64. The molecule has 0 aliphatic rings. The first kappa shape index (κ1) is 22.2. The third-order valence-electron chi connectivity index (χ3n) is 4.30. The number of halogens is 1. The standard InChI is InChI=1S/C18H28N6O.HI/c1-14(15-6-8-16(25-5)9-7-15)10-11-20-18(19-2)23(3)12-17-21-13-22-24(17)4;/h6-9,13-14H,10-12H2,1-5H3,(H,19,20);1H. The summed E-state index contributed by atoms with van der Waals surface area (Å²) in [5.74, 6) is 3.10. The Morgan fingerprint density at radius 2 is 2.04 bits per heavy atom. The lowest BCUT2D eigenvalue weighted by Gasteiger charge is -2.22. The van der Waals surface area contributed by atoms with Gasteiger partial charge in [0.05, 0.1) is 13.7 Å². The first-order valence-electron chi connectivity index (χ1n) is 8.43. The second-order valence-corrected chi connectivity index (χ2v) is 6.09. The Kier molecular flexibility index (Phi) is 9.39. The molecule has 1 atom stereocenters. The minimum Gasteiger partial charge on any atom is -0.497 e. The quantitative estimate of drug-likeness (QED) is 0.381. The molecule has 1 N–H and O–H groups in total. The molecule has 0 aliphatic carbocycles. The van der Waals surface area contributed by atoms with E-state index in [2.05, 4.69) is 39.4 Å². The molecular formula is C18H29IN6O. The van der Waals surface area contributed by atoms with E-state index in [0.717, 1.165) is 30.5 Å². The predicted molar refractivity (Wildman–Crippen MR) is 115 cm³/mol. The van der Waals surface area contributed by atoms with Gasteiger partial charge in [-0.25, -0.2) is 4.98 Å². The van der Waals surface area contributed by atoms with Crippen molar-refractivity contribution < 1.29 is 4.74 Å². The zero-order chi connectivity index (χ0) is 18.2. The Morgan fingerprint density at radius 3 is 2.58 bits per heavy atom. The van der Waals surface area contributed by atoms with Gasteiger partial charge in [0.25, 0.3) is 0 Å². The fourth-order valence-corrected chi connectivity index (χ4v) is 2.63. The minimum absolute atomic E-state index is 0. The molecule has 0 bridgehead atoms. The minimum atomic E-state index is 0. The lowest BCUT2D eigenvalue weighted by atomic mass is 9.98. The van der Waals surface area contributed by atoms with Crippen LogP contribution >= 0.6 is 24.0 Å². The van der Waals surface area contributed by atoms with Crippen LogP contribution in [-0.4, -0.2) is 53.4 Å². The van der Waals surface area contributed by atoms with Crippen molar-refractivity contribution in [3.05, 3.63) is 42.0 Å². The molecule has 144 valence electrons. The number of nitrogens with zero attached hydrogens (tertiary/aromatic N) is 5. The largest absolute Gasteiger partial charge is 0.497 e. The first-order chi connectivity index (χ1) is 12.0. The highest BCUT2D eigenvalue weighted by molar-refractivity contribution is 14.0. The summed E-state index contributed by atoms with van der Waals surface area (Å²) in [6, 6.07) is 8.26. The monoisotopic (exact) mass is 472 g/mol. The molecule has 0 saturated carbocycles. The zero-order valence-corrected chi connectivity index (χ0v) is 18.5. The summed E-state index contributed by atoms with van der Waals surface area (Å²) >= 11 is 0. The Hall–Kier alpha value is -1.84. The summed E-state index contributed by atoms with van der Waals surface area (Å²) in [5, 5.41) is 7.51. The molecule has 0 saturated heterocycles. The SMILES string of the molecule is CN=C(NCCC(C)c1ccc(OC)cc1)N(C)Cc1ncnn1C.I. The Labute approximate surface area is 172 Å². The van der Waals surface area contributed by atoms with Crippen LogP contribution in [0.15, 0.2) is 35.6 Å². The third-order valence-corrected chi connectivity index (χ3v) is 4.30. The van der Waals surface area contributed by atoms with Crippen molar-refractivity contribution in [2.45, 2.75) is 25.8 Å². The first-order valence-corrected chi connectivity index (χ1v) is 8.43. The second-order valence-electron chi connectivity index (χ2n) is 6.09. The highest BCUT2D eigenvalue weighted by Crippen LogP contribution is 2.21. The normalized spacial score (nSPS) is 12.3. The van der Waals surface area contributed by atoms with Crippen molar-refractivity contribution in [3.63, 3.8) is 0 Å². The van der Waals surface area contributed by atoms with Crippen LogP contribution < -0.4 is 10.1 Å². The van der Waals surface area contributed by atoms with E-state index < -0.39 is 0 Å². The van der Waals surface area contributed by atoms with Crippen molar-refractivity contribution in [2.75, 3.05) is 27.7 Å². The Balaban J connectivity index is 0.00000338. The number of aryl methyl sites for hydroxylation is 1. The maximum atomic E-state index is 5.21. The van der Waals surface area contributed by atoms with E-state index in [0.29, 0.717) is 12.5 Å². The number of aliphatic imine (C=N–C) groups is 1. The lowest BCUT2D eigenvalue weighted by molar-refractivity contribution is 0.414. The number of nitrogens with one attached hydrogen (secondary N) is 1. The summed E-state index contributed by atoms with van der Waals surface area (Å²) in [7, 11) is 7.37. The van der Waals surface area contributed by atoms with Gasteiger partial charge in [0.15, 0.2) is 5.96 Å². The van der Waals surface area contributed by atoms with Crippen molar-refractivity contribution in [1.29, 1.82) is 0 Å². The highest BCUT2D eigenvalue weighted by atomic mass is 127. The number of rotatable bonds is 7. The van der Waals surface area contributed by atoms with E-state index in [-0.39, 0.29) is 24.0 Å². The Bertz CT molecular complexity index is 685. The fourth-order valence-electron chi connectivity index (χ4n) is 2.63. The lowest BCUT2D eigenvalue weighted by Crippen LogP contribution is -2.39. The zero-order valence-electron chi connectivity index (χ0n) is 16.1. The van der Waals surface area contributed by atoms with Crippen molar-refractivity contribution in [3.8, 4) is 5.75 Å². The van der Waals surface area contributed by atoms with E-state index in [1.807, 2.05) is 31.1 Å². The summed E-state index contributed by atoms with van der Waals surface area (Å²) in [5.41, 5.74) is 1.31. The van der Waals surface area contributed by atoms with Gasteiger partial charge in [-0.3, -0.25) is 9.67 Å². The highest BCUT2D eigenvalue weighted by Gasteiger charge is 2.11. The molecule has 0 fully saturated rings. The van der Waals surface area contributed by atoms with E-state index in [1.54, 1.807) is 25.2 Å². The molecule has 1 aromatic carbocycles. The van der Waals surface area contributed by atoms with Gasteiger partial charge in [-0.2, -0.15) is 5.10 Å². The van der Waals surface area contributed by atoms with Crippen LogP contribution in [0, 0.1) is 0 Å². The van der Waals surface area contributed by atoms with Crippen LogP contribution in [0.1, 0.15) is 30.7 Å². The number of guanidine groups is 1. The van der Waals surface area contributed by atoms with Crippen molar-refractivity contribution in [2.24, 2.45) is 12.0 Å². The number of ether oxygens (including phenoxy) is 1. The summed E-state index contributed by atoms with van der Waals surface area (Å²) in [4.78, 5) is 10.6. The van der Waals surface area contributed by atoms with Crippen LogP contribution in [0.3, 0.4) is 0 Å². The van der Waals surface area contributed by atoms with E-state index in [4.69, 9.17) is 4.74 Å². The van der Waals surface area contributed by atoms with Gasteiger partial charge in [0.1, 0.15) is 17.9 Å². The molecule has 8 heteroatoms. The molecule has 1 unspecified atom stereocenters. The Morgan fingerprint density at radius 1 is 1.35 bits per heavy atom. The summed E-state index contributed by atoms with van der Waals surface area (Å²) < 4.78 is 6.98. The van der Waals surface area contributed by atoms with Crippen molar-refractivity contribution >= 4 is 29.9 Å². The van der Waals surface area contributed by atoms with Gasteiger partial charge in [-0.15, -0.1) is 24.0 Å². The van der Waals surface area contributed by atoms with Gasteiger partial charge in [-0.1, -0.05) is 19.1 Å². The number of aromatic nitrogens is 3. The summed E-state index contributed by atoms with van der Waals surface area (Å²) in [6.07, 6.45) is 2.58. The molecule has 0 amide bonds. The van der Waals surface area contributed by atoms with Crippen LogP contribution in [-0.2, 0) is 13.6 Å². The topological polar surface area (TPSA) is 67.6 Å². The molecular weight excluding hydrogens is 443 g/mol. The van der Waals surface area contributed by atoms with E-state index in [9.17, 15) is 0 Å². The van der Waals surface area contributed by atoms with Gasteiger partial charge in [0.2, 0.25) is 0 Å². The maximum Gasteiger partial charge on any atom is 0.193 e. The van der Waals surface area contributed by atoms with Crippen LogP contribution in [0.5, 0.6) is 5.75 Å². The third kappa shape index (κ3) is 6.15. The fraction of sp³-hybridized carbons (Fsp3) is 0.500. The molecule has 2 rings (SSSR count). The molecule has 0 aliphatic heterocycles. The molecule has 7 nitrogen and oxygen atoms in total. The number of hydrogen-bond donors (Lipinski definition) is 1. The molecule has 2 aromatic rings. The van der Waals surface area contributed by atoms with Gasteiger partial charge in [-0.05, 0) is 30.0 Å². The number of methoxy groups -OCH3 is 1. The average molecular weight is 472 g/mol. The van der Waals surface area contributed by atoms with Crippen LogP contribution in [0.4, 0.5) is 0 Å². The maximum absolute atomic E-state index is 5.21. The van der Waals surface area contributed by atoms with Crippen molar-refractivity contribution in [1.82, 2.24) is 25.0 Å². The molecule has 1 aromatic heterocycles. The van der Waals surface area contributed by atoms with Crippen LogP contribution in [0.25, 0.3) is 0 Å². The second kappa shape index (κ2) is 11.0. The molecule has 1 heterocycles. The number of hydrogen-bond acceptors (Lipinski definition) is 4. The van der Waals surface area contributed by atoms with Gasteiger partial charge < -0.3 is 15.0 Å². The van der Waals surface area contributed by atoms with Gasteiger partial charge >= 0.3 is 0 Å². The smallest absolute Gasteiger partial charge is 0.193 e. The summed E-state index contributed by atoms with van der Waals surface area (Å²) in [6.45, 7) is 3.74. The van der Waals surface area contributed by atoms with Crippen LogP contribution in [0.2, 0.25) is 0 Å². The molecule has 0 spiro atoms. The van der Waals surface area contributed by atoms with E-state index in [1.165, 1.54) is 5.56 Å². The van der Waals surface area contributed by atoms with E-state index >= 15 is 0 Å². The molecule has 0 radical (unpaired) electrons. The molecule has 26 heavy (non-hydrogen) atoms. The number of benzene rings is 1. The van der Waals surface area contributed by atoms with Gasteiger partial charge in [0, 0.05) is 27.7 Å². The average Bonchev–Trinajstić information content (AvgIpc) is 3.03.